The van der Waals surface area contributed by atoms with Gasteiger partial charge in [-0.15, -0.1) is 0 Å². The lowest BCUT2D eigenvalue weighted by Crippen LogP contribution is -2.29. The maximum atomic E-state index is 9.09. The fourth-order valence-electron chi connectivity index (χ4n) is 3.21. The molecule has 1 aromatic carbocycles. The average Bonchev–Trinajstić information content (AvgIpc) is 3.20. The number of benzene rings is 1. The van der Waals surface area contributed by atoms with Gasteiger partial charge in [-0.1, -0.05) is 24.3 Å². The van der Waals surface area contributed by atoms with Gasteiger partial charge in [-0.25, -0.2) is 0 Å². The zero-order chi connectivity index (χ0) is 16.1. The molecule has 2 aromatic rings. The van der Waals surface area contributed by atoms with Crippen LogP contribution in [-0.4, -0.2) is 35.8 Å². The summed E-state index contributed by atoms with van der Waals surface area (Å²) in [6, 6.07) is 10.2. The first-order valence-electron chi connectivity index (χ1n) is 8.26. The van der Waals surface area contributed by atoms with Crippen LogP contribution in [0, 0.1) is 0 Å². The first-order valence-corrected chi connectivity index (χ1v) is 8.26. The van der Waals surface area contributed by atoms with Crippen molar-refractivity contribution in [1.82, 2.24) is 4.90 Å². The van der Waals surface area contributed by atoms with Gasteiger partial charge >= 0.3 is 0 Å². The van der Waals surface area contributed by atoms with E-state index in [2.05, 4.69) is 24.1 Å². The molecule has 124 valence electrons. The Morgan fingerprint density at radius 1 is 1.04 bits per heavy atom. The smallest absolute Gasteiger partial charge is 0.0947 e. The van der Waals surface area contributed by atoms with E-state index in [0.717, 1.165) is 37.9 Å². The minimum atomic E-state index is 0.102. The van der Waals surface area contributed by atoms with E-state index in [0.29, 0.717) is 12.2 Å². The average molecular weight is 315 g/mol. The molecule has 1 saturated heterocycles. The van der Waals surface area contributed by atoms with Gasteiger partial charge in [0.2, 0.25) is 0 Å². The Morgan fingerprint density at radius 3 is 2.48 bits per heavy atom. The Kier molecular flexibility index (Phi) is 5.49. The Bertz CT molecular complexity index is 579. The molecule has 1 fully saturated rings. The Balaban J connectivity index is 1.44. The van der Waals surface area contributed by atoms with E-state index < -0.39 is 0 Å². The lowest BCUT2D eigenvalue weighted by Gasteiger charge is -2.21. The van der Waals surface area contributed by atoms with E-state index in [-0.39, 0.29) is 6.61 Å². The van der Waals surface area contributed by atoms with Gasteiger partial charge < -0.3 is 14.3 Å². The van der Waals surface area contributed by atoms with E-state index in [1.807, 2.05) is 18.2 Å². The van der Waals surface area contributed by atoms with Crippen LogP contribution in [-0.2, 0) is 24.3 Å². The second-order valence-corrected chi connectivity index (χ2v) is 6.46. The second-order valence-electron chi connectivity index (χ2n) is 6.46. The van der Waals surface area contributed by atoms with Crippen LogP contribution >= 0.6 is 0 Å². The summed E-state index contributed by atoms with van der Waals surface area (Å²) in [7, 11) is 2.12. The van der Waals surface area contributed by atoms with Crippen LogP contribution in [0.3, 0.4) is 0 Å². The molecule has 0 bridgehead atoms. The number of rotatable bonds is 7. The summed E-state index contributed by atoms with van der Waals surface area (Å²) in [6.45, 7) is 1.94. The SMILES string of the molecule is CN(Cc1ccoc1)C[C@@H]1CC[C@H](Cc2ccc(CO)cc2)O1. The summed E-state index contributed by atoms with van der Waals surface area (Å²) >= 11 is 0. The largest absolute Gasteiger partial charge is 0.472 e. The molecule has 1 aliphatic rings. The molecule has 23 heavy (non-hydrogen) atoms. The van der Waals surface area contributed by atoms with E-state index in [4.69, 9.17) is 14.3 Å². The molecule has 4 heteroatoms. The van der Waals surface area contributed by atoms with E-state index in [9.17, 15) is 0 Å². The Morgan fingerprint density at radius 2 is 1.78 bits per heavy atom. The van der Waals surface area contributed by atoms with Crippen molar-refractivity contribution in [3.63, 3.8) is 0 Å². The van der Waals surface area contributed by atoms with E-state index >= 15 is 0 Å². The summed E-state index contributed by atoms with van der Waals surface area (Å²) in [5.41, 5.74) is 3.44. The molecule has 0 spiro atoms. The number of hydrogen-bond donors (Lipinski definition) is 1. The monoisotopic (exact) mass is 315 g/mol. The maximum absolute atomic E-state index is 9.09. The van der Waals surface area contributed by atoms with Crippen LogP contribution in [0.25, 0.3) is 0 Å². The standard InChI is InChI=1S/C19H25NO3/c1-20(11-17-8-9-22-14-17)12-19-7-6-18(23-19)10-15-2-4-16(13-21)5-3-15/h2-5,8-9,14,18-19,21H,6-7,10-13H2,1H3/t18-,19+/m1/s1. The van der Waals surface area contributed by atoms with E-state index in [1.54, 1.807) is 12.5 Å². The van der Waals surface area contributed by atoms with Gasteiger partial charge in [0.25, 0.3) is 0 Å². The van der Waals surface area contributed by atoms with Gasteiger partial charge in [0.15, 0.2) is 0 Å². The van der Waals surface area contributed by atoms with Crippen molar-refractivity contribution in [3.05, 3.63) is 59.5 Å². The molecule has 1 aromatic heterocycles. The van der Waals surface area contributed by atoms with Crippen LogP contribution < -0.4 is 0 Å². The number of likely N-dealkylation sites (N-methyl/N-ethyl adjacent to an activating group) is 1. The van der Waals surface area contributed by atoms with Crippen molar-refractivity contribution >= 4 is 0 Å². The summed E-state index contributed by atoms with van der Waals surface area (Å²) in [4.78, 5) is 2.29. The summed E-state index contributed by atoms with van der Waals surface area (Å²) in [5, 5.41) is 9.09. The van der Waals surface area contributed by atoms with Crippen molar-refractivity contribution < 1.29 is 14.3 Å². The fraction of sp³-hybridized carbons (Fsp3) is 0.474. The molecule has 0 saturated carbocycles. The van der Waals surface area contributed by atoms with Gasteiger partial charge in [-0.3, -0.25) is 4.90 Å². The lowest BCUT2D eigenvalue weighted by atomic mass is 10.0. The van der Waals surface area contributed by atoms with Gasteiger partial charge in [0, 0.05) is 18.7 Å². The molecular weight excluding hydrogens is 290 g/mol. The van der Waals surface area contributed by atoms with Crippen molar-refractivity contribution in [3.8, 4) is 0 Å². The normalized spacial score (nSPS) is 21.2. The van der Waals surface area contributed by atoms with Crippen LogP contribution in [0.2, 0.25) is 0 Å². The third kappa shape index (κ3) is 4.67. The van der Waals surface area contributed by atoms with Gasteiger partial charge in [-0.2, -0.15) is 0 Å². The third-order valence-corrected chi connectivity index (χ3v) is 4.41. The van der Waals surface area contributed by atoms with Crippen molar-refractivity contribution in [1.29, 1.82) is 0 Å². The van der Waals surface area contributed by atoms with Gasteiger partial charge in [0.1, 0.15) is 0 Å². The topological polar surface area (TPSA) is 45.8 Å². The van der Waals surface area contributed by atoms with Crippen molar-refractivity contribution in [2.75, 3.05) is 13.6 Å². The second kappa shape index (κ2) is 7.77. The molecular formula is C19H25NO3. The summed E-state index contributed by atoms with van der Waals surface area (Å²) < 4.78 is 11.3. The van der Waals surface area contributed by atoms with Gasteiger partial charge in [0.05, 0.1) is 31.3 Å². The molecule has 0 aliphatic carbocycles. The fourth-order valence-corrected chi connectivity index (χ4v) is 3.21. The molecule has 2 heterocycles. The molecule has 1 aliphatic heterocycles. The number of furan rings is 1. The van der Waals surface area contributed by atoms with Crippen LogP contribution in [0.4, 0.5) is 0 Å². The minimum absolute atomic E-state index is 0.102. The highest BCUT2D eigenvalue weighted by Gasteiger charge is 2.26. The highest BCUT2D eigenvalue weighted by atomic mass is 16.5. The predicted molar refractivity (Wildman–Crippen MR) is 89.0 cm³/mol. The summed E-state index contributed by atoms with van der Waals surface area (Å²) in [5.74, 6) is 0. The highest BCUT2D eigenvalue weighted by molar-refractivity contribution is 5.22. The molecule has 0 unspecified atom stereocenters. The molecule has 2 atom stereocenters. The Labute approximate surface area is 137 Å². The number of aliphatic hydroxyl groups excluding tert-OH is 1. The first-order chi connectivity index (χ1) is 11.2. The van der Waals surface area contributed by atoms with Crippen LogP contribution in [0.5, 0.6) is 0 Å². The summed E-state index contributed by atoms with van der Waals surface area (Å²) in [6.07, 6.45) is 7.32. The molecule has 4 nitrogen and oxygen atoms in total. The first kappa shape index (κ1) is 16.2. The quantitative estimate of drug-likeness (QED) is 0.853. The van der Waals surface area contributed by atoms with Crippen molar-refractivity contribution in [2.24, 2.45) is 0 Å². The zero-order valence-corrected chi connectivity index (χ0v) is 13.6. The lowest BCUT2D eigenvalue weighted by molar-refractivity contribution is 0.0267. The minimum Gasteiger partial charge on any atom is -0.472 e. The van der Waals surface area contributed by atoms with Gasteiger partial charge in [-0.05, 0) is 43.5 Å². The molecule has 0 amide bonds. The number of aliphatic hydroxyl groups is 1. The number of hydrogen-bond acceptors (Lipinski definition) is 4. The maximum Gasteiger partial charge on any atom is 0.0947 e. The van der Waals surface area contributed by atoms with Crippen LogP contribution in [0.1, 0.15) is 29.5 Å². The predicted octanol–water partition coefficient (Wildman–Crippen LogP) is 2.99. The molecule has 3 rings (SSSR count). The number of ether oxygens (including phenoxy) is 1. The zero-order valence-electron chi connectivity index (χ0n) is 13.6. The van der Waals surface area contributed by atoms with E-state index in [1.165, 1.54) is 11.1 Å². The highest BCUT2D eigenvalue weighted by Crippen LogP contribution is 2.24. The Hall–Kier alpha value is -1.62. The molecule has 1 N–H and O–H groups in total. The van der Waals surface area contributed by atoms with Crippen molar-refractivity contribution in [2.45, 2.75) is 44.6 Å². The third-order valence-electron chi connectivity index (χ3n) is 4.41. The number of nitrogens with zero attached hydrogens (tertiary/aromatic N) is 1. The van der Waals surface area contributed by atoms with Crippen LogP contribution in [0.15, 0.2) is 47.3 Å². The molecule has 0 radical (unpaired) electrons.